The molecule has 1 N–H and O–H groups in total. The van der Waals surface area contributed by atoms with Crippen LogP contribution in [-0.2, 0) is 9.59 Å². The smallest absolute Gasteiger partial charge is 0.238 e. The number of anilines is 1. The summed E-state index contributed by atoms with van der Waals surface area (Å²) in [5, 5.41) is 2.84. The highest BCUT2D eigenvalue weighted by Gasteiger charge is 2.12. The molecule has 20 heavy (non-hydrogen) atoms. The van der Waals surface area contributed by atoms with Crippen LogP contribution < -0.4 is 5.32 Å². The Kier molecular flexibility index (Phi) is 5.70. The molecule has 0 aromatic heterocycles. The van der Waals surface area contributed by atoms with E-state index in [0.717, 1.165) is 11.3 Å². The summed E-state index contributed by atoms with van der Waals surface area (Å²) in [4.78, 5) is 26.6. The molecule has 0 heterocycles. The Hall–Kier alpha value is -1.88. The van der Waals surface area contributed by atoms with Gasteiger partial charge in [-0.3, -0.25) is 14.5 Å². The van der Waals surface area contributed by atoms with Crippen molar-refractivity contribution >= 4 is 17.5 Å². The van der Waals surface area contributed by atoms with E-state index in [1.54, 1.807) is 26.0 Å². The molecule has 1 rings (SSSR count). The van der Waals surface area contributed by atoms with Gasteiger partial charge in [0.2, 0.25) is 11.8 Å². The van der Waals surface area contributed by atoms with Crippen molar-refractivity contribution in [3.8, 4) is 0 Å². The normalized spacial score (nSPS) is 10.5. The van der Waals surface area contributed by atoms with Crippen molar-refractivity contribution in [2.24, 2.45) is 0 Å². The molecule has 0 unspecified atom stereocenters. The van der Waals surface area contributed by atoms with E-state index < -0.39 is 0 Å². The summed E-state index contributed by atoms with van der Waals surface area (Å²) in [6, 6.07) is 5.80. The van der Waals surface area contributed by atoms with Gasteiger partial charge in [-0.25, -0.2) is 0 Å². The van der Waals surface area contributed by atoms with E-state index in [0.29, 0.717) is 0 Å². The van der Waals surface area contributed by atoms with Crippen molar-refractivity contribution in [1.82, 2.24) is 9.80 Å². The monoisotopic (exact) mass is 277 g/mol. The lowest BCUT2D eigenvalue weighted by molar-refractivity contribution is -0.130. The molecule has 0 spiro atoms. The maximum atomic E-state index is 11.9. The third-order valence-corrected chi connectivity index (χ3v) is 3.11. The summed E-state index contributed by atoms with van der Waals surface area (Å²) in [7, 11) is 5.15. The molecule has 5 nitrogen and oxygen atoms in total. The van der Waals surface area contributed by atoms with Crippen molar-refractivity contribution in [2.75, 3.05) is 39.5 Å². The van der Waals surface area contributed by atoms with Crippen LogP contribution in [0.15, 0.2) is 18.2 Å². The van der Waals surface area contributed by atoms with Gasteiger partial charge in [0, 0.05) is 19.8 Å². The molecular weight excluding hydrogens is 254 g/mol. The largest absolute Gasteiger partial charge is 0.348 e. The zero-order valence-electron chi connectivity index (χ0n) is 12.9. The number of carbonyl (C=O) groups excluding carboxylic acids is 2. The van der Waals surface area contributed by atoms with Crippen molar-refractivity contribution in [3.05, 3.63) is 29.3 Å². The maximum Gasteiger partial charge on any atom is 0.238 e. The minimum absolute atomic E-state index is 0.0218. The molecule has 1 aromatic carbocycles. The quantitative estimate of drug-likeness (QED) is 0.881. The molecule has 0 aliphatic heterocycles. The summed E-state index contributed by atoms with van der Waals surface area (Å²) in [6.45, 7) is 4.45. The standard InChI is InChI=1S/C15H23N3O2/c1-11-6-7-13(8-12(11)2)16-14(19)9-18(5)10-15(20)17(3)4/h6-8H,9-10H2,1-5H3,(H,16,19). The molecule has 0 saturated carbocycles. The lowest BCUT2D eigenvalue weighted by Crippen LogP contribution is -2.38. The van der Waals surface area contributed by atoms with Gasteiger partial charge in [0.25, 0.3) is 0 Å². The third kappa shape index (κ3) is 5.01. The predicted molar refractivity (Wildman–Crippen MR) is 80.7 cm³/mol. The number of nitrogens with one attached hydrogen (secondary N) is 1. The molecule has 0 aliphatic rings. The van der Waals surface area contributed by atoms with Crippen LogP contribution in [0.3, 0.4) is 0 Å². The molecule has 5 heteroatoms. The first-order chi connectivity index (χ1) is 9.29. The van der Waals surface area contributed by atoms with Gasteiger partial charge in [-0.2, -0.15) is 0 Å². The first kappa shape index (κ1) is 16.2. The number of hydrogen-bond acceptors (Lipinski definition) is 3. The van der Waals surface area contributed by atoms with Crippen molar-refractivity contribution in [1.29, 1.82) is 0 Å². The molecule has 0 bridgehead atoms. The van der Waals surface area contributed by atoms with E-state index >= 15 is 0 Å². The predicted octanol–water partition coefficient (Wildman–Crippen LogP) is 1.26. The fourth-order valence-corrected chi connectivity index (χ4v) is 1.69. The van der Waals surface area contributed by atoms with Gasteiger partial charge in [-0.15, -0.1) is 0 Å². The summed E-state index contributed by atoms with van der Waals surface area (Å²) < 4.78 is 0. The Bertz CT molecular complexity index is 498. The lowest BCUT2D eigenvalue weighted by Gasteiger charge is -2.18. The van der Waals surface area contributed by atoms with Crippen molar-refractivity contribution < 1.29 is 9.59 Å². The van der Waals surface area contributed by atoms with Crippen LogP contribution >= 0.6 is 0 Å². The average Bonchev–Trinajstić information content (AvgIpc) is 2.33. The van der Waals surface area contributed by atoms with E-state index in [-0.39, 0.29) is 24.9 Å². The van der Waals surface area contributed by atoms with Crippen LogP contribution in [0.5, 0.6) is 0 Å². The molecule has 2 amide bonds. The van der Waals surface area contributed by atoms with Gasteiger partial charge in [0.05, 0.1) is 13.1 Å². The van der Waals surface area contributed by atoms with Crippen LogP contribution in [0.4, 0.5) is 5.69 Å². The molecule has 0 saturated heterocycles. The molecule has 0 fully saturated rings. The minimum atomic E-state index is -0.123. The Morgan fingerprint density at radius 3 is 2.25 bits per heavy atom. The number of amides is 2. The number of rotatable bonds is 5. The highest BCUT2D eigenvalue weighted by molar-refractivity contribution is 5.92. The molecular formula is C15H23N3O2. The summed E-state index contributed by atoms with van der Waals surface area (Å²) in [6.07, 6.45) is 0. The second-order valence-corrected chi connectivity index (χ2v) is 5.31. The van der Waals surface area contributed by atoms with Crippen molar-refractivity contribution in [3.63, 3.8) is 0 Å². The highest BCUT2D eigenvalue weighted by atomic mass is 16.2. The fourth-order valence-electron chi connectivity index (χ4n) is 1.69. The Balaban J connectivity index is 2.50. The number of hydrogen-bond donors (Lipinski definition) is 1. The van der Waals surface area contributed by atoms with Crippen LogP contribution in [0.1, 0.15) is 11.1 Å². The van der Waals surface area contributed by atoms with E-state index in [4.69, 9.17) is 0 Å². The number of aryl methyl sites for hydroxylation is 2. The van der Waals surface area contributed by atoms with Gasteiger partial charge >= 0.3 is 0 Å². The second-order valence-electron chi connectivity index (χ2n) is 5.31. The minimum Gasteiger partial charge on any atom is -0.348 e. The van der Waals surface area contributed by atoms with E-state index in [9.17, 15) is 9.59 Å². The molecule has 0 radical (unpaired) electrons. The van der Waals surface area contributed by atoms with Crippen LogP contribution in [0.25, 0.3) is 0 Å². The first-order valence-corrected chi connectivity index (χ1v) is 6.55. The summed E-state index contributed by atoms with van der Waals surface area (Å²) >= 11 is 0. The first-order valence-electron chi connectivity index (χ1n) is 6.55. The van der Waals surface area contributed by atoms with Crippen molar-refractivity contribution in [2.45, 2.75) is 13.8 Å². The van der Waals surface area contributed by atoms with E-state index in [2.05, 4.69) is 5.32 Å². The van der Waals surface area contributed by atoms with Gasteiger partial charge in [-0.1, -0.05) is 6.07 Å². The van der Waals surface area contributed by atoms with Crippen LogP contribution in [0.2, 0.25) is 0 Å². The number of nitrogens with zero attached hydrogens (tertiary/aromatic N) is 2. The topological polar surface area (TPSA) is 52.7 Å². The SMILES string of the molecule is Cc1ccc(NC(=O)CN(C)CC(=O)N(C)C)cc1C. The fraction of sp³-hybridized carbons (Fsp3) is 0.467. The molecule has 110 valence electrons. The molecule has 1 aromatic rings. The zero-order chi connectivity index (χ0) is 15.3. The van der Waals surface area contributed by atoms with E-state index in [1.165, 1.54) is 10.5 Å². The van der Waals surface area contributed by atoms with Crippen LogP contribution in [0, 0.1) is 13.8 Å². The molecule has 0 aliphatic carbocycles. The van der Waals surface area contributed by atoms with Gasteiger partial charge in [0.1, 0.15) is 0 Å². The summed E-state index contributed by atoms with van der Waals surface area (Å²) in [5.41, 5.74) is 3.11. The number of likely N-dealkylation sites (N-methyl/N-ethyl adjacent to an activating group) is 2. The zero-order valence-corrected chi connectivity index (χ0v) is 12.9. The van der Waals surface area contributed by atoms with E-state index in [1.807, 2.05) is 32.0 Å². The Morgan fingerprint density at radius 1 is 1.05 bits per heavy atom. The number of benzene rings is 1. The number of carbonyl (C=O) groups is 2. The lowest BCUT2D eigenvalue weighted by atomic mass is 10.1. The third-order valence-electron chi connectivity index (χ3n) is 3.11. The second kappa shape index (κ2) is 7.05. The van der Waals surface area contributed by atoms with Gasteiger partial charge in [0.15, 0.2) is 0 Å². The Morgan fingerprint density at radius 2 is 1.70 bits per heavy atom. The molecule has 0 atom stereocenters. The maximum absolute atomic E-state index is 11.9. The van der Waals surface area contributed by atoms with Gasteiger partial charge in [-0.05, 0) is 44.2 Å². The highest BCUT2D eigenvalue weighted by Crippen LogP contribution is 2.13. The summed E-state index contributed by atoms with van der Waals surface area (Å²) in [5.74, 6) is -0.145. The Labute approximate surface area is 120 Å². The van der Waals surface area contributed by atoms with Gasteiger partial charge < -0.3 is 10.2 Å². The van der Waals surface area contributed by atoms with Crippen LogP contribution in [-0.4, -0.2) is 55.8 Å². The average molecular weight is 277 g/mol.